The third-order valence-electron chi connectivity index (χ3n) is 3.22. The number of aryl methyl sites for hydroxylation is 1. The summed E-state index contributed by atoms with van der Waals surface area (Å²) >= 11 is 0. The number of benzene rings is 1. The molecule has 1 aromatic carbocycles. The zero-order chi connectivity index (χ0) is 13.0. The topological polar surface area (TPSA) is 50.1 Å². The van der Waals surface area contributed by atoms with Crippen molar-refractivity contribution >= 4 is 11.0 Å². The summed E-state index contributed by atoms with van der Waals surface area (Å²) < 4.78 is 2.12. The molecule has 0 bridgehead atoms. The number of nitrogens with one attached hydrogen (secondary N) is 1. The second-order valence-electron chi connectivity index (χ2n) is 4.43. The predicted octanol–water partition coefficient (Wildman–Crippen LogP) is 1.35. The number of rotatable bonds is 6. The first-order chi connectivity index (χ1) is 8.80. The van der Waals surface area contributed by atoms with Crippen molar-refractivity contribution in [1.29, 1.82) is 0 Å². The molecule has 2 aromatic rings. The molecule has 0 spiro atoms. The van der Waals surface area contributed by atoms with Crippen molar-refractivity contribution in [2.75, 3.05) is 20.2 Å². The van der Waals surface area contributed by atoms with E-state index in [1.807, 2.05) is 7.05 Å². The summed E-state index contributed by atoms with van der Waals surface area (Å²) in [5.74, 6) is 1.04. The van der Waals surface area contributed by atoms with Gasteiger partial charge in [0.1, 0.15) is 5.82 Å². The van der Waals surface area contributed by atoms with Gasteiger partial charge in [-0.1, -0.05) is 13.0 Å². The Hall–Kier alpha value is -1.39. The Kier molecular flexibility index (Phi) is 4.33. The Morgan fingerprint density at radius 3 is 2.89 bits per heavy atom. The molecule has 0 aliphatic heterocycles. The standard InChI is InChI=1S/C14H21N3O/c1-3-11-4-5-13-12(10-11)16-14(6-7-15-2)17(13)8-9-18/h4-5,10,15,18H,3,6-9H2,1-2H3. The molecule has 4 heteroatoms. The van der Waals surface area contributed by atoms with Gasteiger partial charge in [-0.25, -0.2) is 4.98 Å². The molecule has 2 N–H and O–H groups in total. The Bertz CT molecular complexity index is 519. The number of nitrogens with zero attached hydrogens (tertiary/aromatic N) is 2. The van der Waals surface area contributed by atoms with E-state index in [2.05, 4.69) is 40.0 Å². The Morgan fingerprint density at radius 1 is 1.39 bits per heavy atom. The smallest absolute Gasteiger partial charge is 0.111 e. The average Bonchev–Trinajstić information content (AvgIpc) is 2.74. The number of likely N-dealkylation sites (N-methyl/N-ethyl adjacent to an activating group) is 1. The van der Waals surface area contributed by atoms with Crippen LogP contribution in [0.2, 0.25) is 0 Å². The van der Waals surface area contributed by atoms with Crippen molar-refractivity contribution in [3.05, 3.63) is 29.6 Å². The largest absolute Gasteiger partial charge is 0.395 e. The van der Waals surface area contributed by atoms with Crippen LogP contribution in [0.4, 0.5) is 0 Å². The predicted molar refractivity (Wildman–Crippen MR) is 73.8 cm³/mol. The Labute approximate surface area is 108 Å². The Morgan fingerprint density at radius 2 is 2.22 bits per heavy atom. The molecule has 4 nitrogen and oxygen atoms in total. The highest BCUT2D eigenvalue weighted by atomic mass is 16.3. The van der Waals surface area contributed by atoms with Crippen molar-refractivity contribution in [2.45, 2.75) is 26.3 Å². The lowest BCUT2D eigenvalue weighted by Crippen LogP contribution is -2.15. The summed E-state index contributed by atoms with van der Waals surface area (Å²) in [7, 11) is 1.94. The van der Waals surface area contributed by atoms with Gasteiger partial charge in [0, 0.05) is 19.5 Å². The quantitative estimate of drug-likeness (QED) is 0.810. The number of hydrogen-bond acceptors (Lipinski definition) is 3. The molecule has 0 aliphatic rings. The van der Waals surface area contributed by atoms with E-state index < -0.39 is 0 Å². The number of aliphatic hydroxyl groups is 1. The van der Waals surface area contributed by atoms with Gasteiger partial charge in [-0.2, -0.15) is 0 Å². The maximum Gasteiger partial charge on any atom is 0.111 e. The molecule has 0 aliphatic carbocycles. The summed E-state index contributed by atoms with van der Waals surface area (Å²) in [6.45, 7) is 3.80. The van der Waals surface area contributed by atoms with Gasteiger partial charge in [0.15, 0.2) is 0 Å². The fourth-order valence-electron chi connectivity index (χ4n) is 2.22. The van der Waals surface area contributed by atoms with E-state index in [1.54, 1.807) is 0 Å². The lowest BCUT2D eigenvalue weighted by Gasteiger charge is -2.07. The van der Waals surface area contributed by atoms with E-state index in [-0.39, 0.29) is 6.61 Å². The molecular formula is C14H21N3O. The van der Waals surface area contributed by atoms with Crippen LogP contribution in [-0.2, 0) is 19.4 Å². The third kappa shape index (κ3) is 2.54. The molecule has 0 unspecified atom stereocenters. The van der Waals surface area contributed by atoms with E-state index >= 15 is 0 Å². The first kappa shape index (κ1) is 13.1. The Balaban J connectivity index is 2.44. The van der Waals surface area contributed by atoms with E-state index in [1.165, 1.54) is 5.56 Å². The molecular weight excluding hydrogens is 226 g/mol. The van der Waals surface area contributed by atoms with Crippen molar-refractivity contribution in [1.82, 2.24) is 14.9 Å². The summed E-state index contributed by atoms with van der Waals surface area (Å²) in [6, 6.07) is 6.39. The van der Waals surface area contributed by atoms with Gasteiger partial charge in [-0.3, -0.25) is 0 Å². The lowest BCUT2D eigenvalue weighted by atomic mass is 10.1. The maximum absolute atomic E-state index is 9.18. The summed E-state index contributed by atoms with van der Waals surface area (Å²) in [4.78, 5) is 4.69. The fourth-order valence-corrected chi connectivity index (χ4v) is 2.22. The number of imidazole rings is 1. The van der Waals surface area contributed by atoms with Gasteiger partial charge < -0.3 is 15.0 Å². The van der Waals surface area contributed by atoms with Crippen LogP contribution >= 0.6 is 0 Å². The van der Waals surface area contributed by atoms with Crippen LogP contribution in [0.3, 0.4) is 0 Å². The van der Waals surface area contributed by atoms with Crippen LogP contribution in [0.5, 0.6) is 0 Å². The van der Waals surface area contributed by atoms with Gasteiger partial charge in [0.2, 0.25) is 0 Å². The number of aromatic nitrogens is 2. The molecule has 0 amide bonds. The van der Waals surface area contributed by atoms with Gasteiger partial charge in [0.05, 0.1) is 17.6 Å². The summed E-state index contributed by atoms with van der Waals surface area (Å²) in [5.41, 5.74) is 3.46. The minimum atomic E-state index is 0.146. The highest BCUT2D eigenvalue weighted by Gasteiger charge is 2.10. The van der Waals surface area contributed by atoms with Crippen molar-refractivity contribution in [3.8, 4) is 0 Å². The molecule has 0 saturated heterocycles. The van der Waals surface area contributed by atoms with Crippen LogP contribution in [0, 0.1) is 0 Å². The van der Waals surface area contributed by atoms with E-state index in [0.29, 0.717) is 6.54 Å². The first-order valence-electron chi connectivity index (χ1n) is 6.53. The van der Waals surface area contributed by atoms with Crippen LogP contribution in [-0.4, -0.2) is 34.9 Å². The minimum absolute atomic E-state index is 0.146. The van der Waals surface area contributed by atoms with Gasteiger partial charge in [-0.15, -0.1) is 0 Å². The van der Waals surface area contributed by atoms with E-state index in [0.717, 1.165) is 36.2 Å². The SMILES string of the molecule is CCc1ccc2c(c1)nc(CCNC)n2CCO. The molecule has 1 aromatic heterocycles. The third-order valence-corrected chi connectivity index (χ3v) is 3.22. The number of hydrogen-bond donors (Lipinski definition) is 2. The van der Waals surface area contributed by atoms with Crippen LogP contribution in [0.1, 0.15) is 18.3 Å². The number of fused-ring (bicyclic) bond motifs is 1. The average molecular weight is 247 g/mol. The first-order valence-corrected chi connectivity index (χ1v) is 6.53. The van der Waals surface area contributed by atoms with Crippen LogP contribution in [0.15, 0.2) is 18.2 Å². The molecule has 98 valence electrons. The zero-order valence-corrected chi connectivity index (χ0v) is 11.1. The lowest BCUT2D eigenvalue weighted by molar-refractivity contribution is 0.276. The van der Waals surface area contributed by atoms with Crippen molar-refractivity contribution in [2.24, 2.45) is 0 Å². The molecule has 0 fully saturated rings. The van der Waals surface area contributed by atoms with Gasteiger partial charge >= 0.3 is 0 Å². The van der Waals surface area contributed by atoms with E-state index in [9.17, 15) is 5.11 Å². The van der Waals surface area contributed by atoms with Gasteiger partial charge in [0.25, 0.3) is 0 Å². The minimum Gasteiger partial charge on any atom is -0.395 e. The molecule has 18 heavy (non-hydrogen) atoms. The van der Waals surface area contributed by atoms with Crippen LogP contribution < -0.4 is 5.32 Å². The number of aliphatic hydroxyl groups excluding tert-OH is 1. The summed E-state index contributed by atoms with van der Waals surface area (Å²) in [6.07, 6.45) is 1.90. The molecule has 0 radical (unpaired) electrons. The van der Waals surface area contributed by atoms with Crippen LogP contribution in [0.25, 0.3) is 11.0 Å². The van der Waals surface area contributed by atoms with Crippen molar-refractivity contribution < 1.29 is 5.11 Å². The molecule has 2 rings (SSSR count). The highest BCUT2D eigenvalue weighted by molar-refractivity contribution is 5.77. The second kappa shape index (κ2) is 5.98. The normalized spacial score (nSPS) is 11.3. The highest BCUT2D eigenvalue weighted by Crippen LogP contribution is 2.18. The second-order valence-corrected chi connectivity index (χ2v) is 4.43. The molecule has 0 saturated carbocycles. The monoisotopic (exact) mass is 247 g/mol. The van der Waals surface area contributed by atoms with Gasteiger partial charge in [-0.05, 0) is 31.2 Å². The maximum atomic E-state index is 9.18. The zero-order valence-electron chi connectivity index (χ0n) is 11.1. The summed E-state index contributed by atoms with van der Waals surface area (Å²) in [5, 5.41) is 12.3. The fraction of sp³-hybridized carbons (Fsp3) is 0.500. The van der Waals surface area contributed by atoms with E-state index in [4.69, 9.17) is 0 Å². The molecule has 1 heterocycles. The van der Waals surface area contributed by atoms with Crippen molar-refractivity contribution in [3.63, 3.8) is 0 Å². The molecule has 0 atom stereocenters.